The van der Waals surface area contributed by atoms with Gasteiger partial charge in [0.25, 0.3) is 0 Å². The number of aromatic nitrogens is 1. The first kappa shape index (κ1) is 13.3. The minimum atomic E-state index is 0.683. The molecule has 0 aliphatic carbocycles. The minimum absolute atomic E-state index is 0.683. The van der Waals surface area contributed by atoms with Crippen LogP contribution in [0.1, 0.15) is 11.1 Å². The average molecular weight is 239 g/mol. The number of pyridine rings is 1. The molecule has 0 aliphatic rings. The van der Waals surface area contributed by atoms with Gasteiger partial charge < -0.3 is 10.6 Å². The Morgan fingerprint density at radius 1 is 1.50 bits per heavy atom. The maximum absolute atomic E-state index is 5.53. The molecule has 1 aromatic rings. The third kappa shape index (κ3) is 3.68. The molecular formula is C12H21N3S. The molecule has 0 spiro atoms. The summed E-state index contributed by atoms with van der Waals surface area (Å²) in [6, 6.07) is 2.19. The van der Waals surface area contributed by atoms with E-state index in [1.807, 2.05) is 18.0 Å². The second kappa shape index (κ2) is 6.76. The summed E-state index contributed by atoms with van der Waals surface area (Å²) in [6.45, 7) is 3.83. The molecule has 0 aromatic carbocycles. The number of hydrogen-bond donors (Lipinski definition) is 1. The molecule has 0 radical (unpaired) electrons. The van der Waals surface area contributed by atoms with E-state index in [-0.39, 0.29) is 0 Å². The Balaban J connectivity index is 2.73. The van der Waals surface area contributed by atoms with Crippen molar-refractivity contribution in [2.45, 2.75) is 13.3 Å². The highest BCUT2D eigenvalue weighted by atomic mass is 32.2. The van der Waals surface area contributed by atoms with E-state index in [9.17, 15) is 0 Å². The van der Waals surface area contributed by atoms with Crippen LogP contribution < -0.4 is 10.6 Å². The molecule has 4 heteroatoms. The summed E-state index contributed by atoms with van der Waals surface area (Å²) in [5, 5.41) is 0. The van der Waals surface area contributed by atoms with Crippen molar-refractivity contribution in [3.05, 3.63) is 23.4 Å². The summed E-state index contributed by atoms with van der Waals surface area (Å²) in [5.41, 5.74) is 7.99. The number of anilines is 1. The number of thioether (sulfide) groups is 1. The fourth-order valence-electron chi connectivity index (χ4n) is 1.66. The first-order valence-corrected chi connectivity index (χ1v) is 6.94. The third-order valence-corrected chi connectivity index (χ3v) is 3.12. The van der Waals surface area contributed by atoms with Crippen LogP contribution in [0.5, 0.6) is 0 Å². The lowest BCUT2D eigenvalue weighted by Gasteiger charge is -2.20. The molecule has 2 N–H and O–H groups in total. The zero-order chi connectivity index (χ0) is 12.0. The van der Waals surface area contributed by atoms with Crippen molar-refractivity contribution in [1.29, 1.82) is 0 Å². The summed E-state index contributed by atoms with van der Waals surface area (Å²) in [5.74, 6) is 2.21. The Kier molecular flexibility index (Phi) is 5.63. The molecular weight excluding hydrogens is 218 g/mol. The van der Waals surface area contributed by atoms with Crippen molar-refractivity contribution in [2.75, 3.05) is 37.0 Å². The van der Waals surface area contributed by atoms with E-state index in [0.717, 1.165) is 24.5 Å². The van der Waals surface area contributed by atoms with Crippen molar-refractivity contribution >= 4 is 17.6 Å². The van der Waals surface area contributed by atoms with Crippen LogP contribution in [-0.2, 0) is 6.42 Å². The molecule has 0 saturated heterocycles. The summed E-state index contributed by atoms with van der Waals surface area (Å²) >= 11 is 1.86. The van der Waals surface area contributed by atoms with Gasteiger partial charge in [0.1, 0.15) is 5.82 Å². The molecule has 1 aromatic heterocycles. The van der Waals surface area contributed by atoms with E-state index in [1.54, 1.807) is 0 Å². The highest BCUT2D eigenvalue weighted by molar-refractivity contribution is 7.98. The first-order chi connectivity index (χ1) is 7.69. The summed E-state index contributed by atoms with van der Waals surface area (Å²) < 4.78 is 0. The summed E-state index contributed by atoms with van der Waals surface area (Å²) in [6.07, 6.45) is 4.96. The number of hydrogen-bond acceptors (Lipinski definition) is 4. The molecule has 0 unspecified atom stereocenters. The SMILES string of the molecule is CSCCN(C)c1ncc(CCN)cc1C. The second-order valence-electron chi connectivity index (χ2n) is 3.94. The van der Waals surface area contributed by atoms with E-state index in [2.05, 4.69) is 36.2 Å². The van der Waals surface area contributed by atoms with Crippen molar-refractivity contribution < 1.29 is 0 Å². The molecule has 3 nitrogen and oxygen atoms in total. The Labute approximate surface area is 102 Å². The van der Waals surface area contributed by atoms with Crippen LogP contribution in [0.25, 0.3) is 0 Å². The van der Waals surface area contributed by atoms with Crippen molar-refractivity contribution in [1.82, 2.24) is 4.98 Å². The average Bonchev–Trinajstić information content (AvgIpc) is 2.26. The van der Waals surface area contributed by atoms with E-state index in [0.29, 0.717) is 6.54 Å². The lowest BCUT2D eigenvalue weighted by atomic mass is 10.1. The van der Waals surface area contributed by atoms with Crippen LogP contribution in [-0.4, -0.2) is 37.1 Å². The molecule has 0 amide bonds. The van der Waals surface area contributed by atoms with Gasteiger partial charge in [0.2, 0.25) is 0 Å². The maximum atomic E-state index is 5.53. The summed E-state index contributed by atoms with van der Waals surface area (Å²) in [4.78, 5) is 6.72. The van der Waals surface area contributed by atoms with Gasteiger partial charge in [-0.15, -0.1) is 0 Å². The summed E-state index contributed by atoms with van der Waals surface area (Å²) in [7, 11) is 2.09. The van der Waals surface area contributed by atoms with E-state index < -0.39 is 0 Å². The Hall–Kier alpha value is -0.740. The maximum Gasteiger partial charge on any atom is 0.131 e. The molecule has 0 aliphatic heterocycles. The molecule has 0 fully saturated rings. The van der Waals surface area contributed by atoms with E-state index >= 15 is 0 Å². The molecule has 16 heavy (non-hydrogen) atoms. The molecule has 90 valence electrons. The van der Waals surface area contributed by atoms with Crippen LogP contribution in [0.15, 0.2) is 12.3 Å². The van der Waals surface area contributed by atoms with Crippen molar-refractivity contribution in [2.24, 2.45) is 5.73 Å². The van der Waals surface area contributed by atoms with Gasteiger partial charge >= 0.3 is 0 Å². The molecule has 0 saturated carbocycles. The molecule has 1 rings (SSSR count). The van der Waals surface area contributed by atoms with Gasteiger partial charge in [-0.25, -0.2) is 4.98 Å². The standard InChI is InChI=1S/C12H21N3S/c1-10-8-11(4-5-13)9-14-12(10)15(2)6-7-16-3/h8-9H,4-7,13H2,1-3H3. The predicted molar refractivity (Wildman–Crippen MR) is 73.4 cm³/mol. The zero-order valence-corrected chi connectivity index (χ0v) is 11.2. The third-order valence-electron chi connectivity index (χ3n) is 2.53. The quantitative estimate of drug-likeness (QED) is 0.820. The van der Waals surface area contributed by atoms with E-state index in [4.69, 9.17) is 5.73 Å². The van der Waals surface area contributed by atoms with Gasteiger partial charge in [-0.1, -0.05) is 6.07 Å². The van der Waals surface area contributed by atoms with E-state index in [1.165, 1.54) is 11.1 Å². The fourth-order valence-corrected chi connectivity index (χ4v) is 2.12. The largest absolute Gasteiger partial charge is 0.359 e. The topological polar surface area (TPSA) is 42.2 Å². The van der Waals surface area contributed by atoms with Crippen LogP contribution in [0.3, 0.4) is 0 Å². The highest BCUT2D eigenvalue weighted by Crippen LogP contribution is 2.17. The lowest BCUT2D eigenvalue weighted by molar-refractivity contribution is 0.915. The Bertz CT molecular complexity index is 328. The smallest absolute Gasteiger partial charge is 0.131 e. The van der Waals surface area contributed by atoms with Gasteiger partial charge in [-0.05, 0) is 37.3 Å². The normalized spacial score (nSPS) is 10.5. The first-order valence-electron chi connectivity index (χ1n) is 5.54. The number of aryl methyl sites for hydroxylation is 1. The molecule has 0 atom stereocenters. The van der Waals surface area contributed by atoms with Crippen LogP contribution in [0.2, 0.25) is 0 Å². The molecule has 0 bridgehead atoms. The Morgan fingerprint density at radius 2 is 2.25 bits per heavy atom. The van der Waals surface area contributed by atoms with Crippen molar-refractivity contribution in [3.8, 4) is 0 Å². The van der Waals surface area contributed by atoms with Gasteiger partial charge in [0, 0.05) is 25.5 Å². The predicted octanol–water partition coefficient (Wildman–Crippen LogP) is 1.69. The monoisotopic (exact) mass is 239 g/mol. The lowest BCUT2D eigenvalue weighted by Crippen LogP contribution is -2.22. The Morgan fingerprint density at radius 3 is 2.81 bits per heavy atom. The van der Waals surface area contributed by atoms with Crippen LogP contribution >= 0.6 is 11.8 Å². The zero-order valence-electron chi connectivity index (χ0n) is 10.4. The highest BCUT2D eigenvalue weighted by Gasteiger charge is 2.06. The van der Waals surface area contributed by atoms with Gasteiger partial charge in [-0.2, -0.15) is 11.8 Å². The minimum Gasteiger partial charge on any atom is -0.359 e. The van der Waals surface area contributed by atoms with Gasteiger partial charge in [-0.3, -0.25) is 0 Å². The second-order valence-corrected chi connectivity index (χ2v) is 4.92. The van der Waals surface area contributed by atoms with Crippen molar-refractivity contribution in [3.63, 3.8) is 0 Å². The fraction of sp³-hybridized carbons (Fsp3) is 0.583. The van der Waals surface area contributed by atoms with Gasteiger partial charge in [0.05, 0.1) is 0 Å². The number of nitrogens with two attached hydrogens (primary N) is 1. The number of rotatable bonds is 6. The number of nitrogens with zero attached hydrogens (tertiary/aromatic N) is 2. The van der Waals surface area contributed by atoms with Crippen LogP contribution in [0, 0.1) is 6.92 Å². The van der Waals surface area contributed by atoms with Crippen LogP contribution in [0.4, 0.5) is 5.82 Å². The molecule has 1 heterocycles. The van der Waals surface area contributed by atoms with Gasteiger partial charge in [0.15, 0.2) is 0 Å².